The second-order valence-corrected chi connectivity index (χ2v) is 4.92. The Labute approximate surface area is 120 Å². The Balaban J connectivity index is 1.77. The van der Waals surface area contributed by atoms with Crippen molar-refractivity contribution >= 4 is 17.5 Å². The van der Waals surface area contributed by atoms with Crippen LogP contribution in [0.5, 0.6) is 0 Å². The standard InChI is InChI=1S/C11H14ClN7O/c1-20-8-3-2-7(4-8)15-10-16-9(12)17-11(18-10)19-6-13-5-14-19/h5-8H,2-4H2,1H3,(H,15,16,17,18). The van der Waals surface area contributed by atoms with Crippen LogP contribution in [0.25, 0.3) is 5.95 Å². The van der Waals surface area contributed by atoms with Gasteiger partial charge in [-0.05, 0) is 30.9 Å². The zero-order chi connectivity index (χ0) is 13.9. The van der Waals surface area contributed by atoms with E-state index in [9.17, 15) is 0 Å². The Morgan fingerprint density at radius 2 is 2.25 bits per heavy atom. The molecular formula is C11H14ClN7O. The predicted molar refractivity (Wildman–Crippen MR) is 71.8 cm³/mol. The van der Waals surface area contributed by atoms with Gasteiger partial charge < -0.3 is 10.1 Å². The molecule has 1 fully saturated rings. The van der Waals surface area contributed by atoms with E-state index < -0.39 is 0 Å². The minimum Gasteiger partial charge on any atom is -0.381 e. The number of methoxy groups -OCH3 is 1. The van der Waals surface area contributed by atoms with E-state index in [2.05, 4.69) is 30.4 Å². The normalized spacial score (nSPS) is 22.1. The third-order valence-corrected chi connectivity index (χ3v) is 3.44. The predicted octanol–water partition coefficient (Wildman–Crippen LogP) is 1.09. The van der Waals surface area contributed by atoms with Crippen molar-refractivity contribution in [3.63, 3.8) is 0 Å². The monoisotopic (exact) mass is 295 g/mol. The fourth-order valence-electron chi connectivity index (χ4n) is 2.29. The first-order chi connectivity index (χ1) is 9.74. The first kappa shape index (κ1) is 13.2. The lowest BCUT2D eigenvalue weighted by atomic mass is 10.2. The van der Waals surface area contributed by atoms with Crippen LogP contribution in [-0.4, -0.2) is 49.0 Å². The lowest BCUT2D eigenvalue weighted by molar-refractivity contribution is 0.108. The molecule has 106 valence electrons. The van der Waals surface area contributed by atoms with Crippen molar-refractivity contribution in [3.05, 3.63) is 17.9 Å². The summed E-state index contributed by atoms with van der Waals surface area (Å²) in [7, 11) is 1.73. The summed E-state index contributed by atoms with van der Waals surface area (Å²) in [6.45, 7) is 0. The van der Waals surface area contributed by atoms with Crippen LogP contribution in [0, 0.1) is 0 Å². The average Bonchev–Trinajstić information content (AvgIpc) is 3.09. The Hall–Kier alpha value is -1.80. The highest BCUT2D eigenvalue weighted by atomic mass is 35.5. The number of anilines is 1. The van der Waals surface area contributed by atoms with Crippen LogP contribution in [0.3, 0.4) is 0 Å². The van der Waals surface area contributed by atoms with Gasteiger partial charge in [0, 0.05) is 13.2 Å². The zero-order valence-electron chi connectivity index (χ0n) is 10.9. The van der Waals surface area contributed by atoms with Crippen LogP contribution in [0.4, 0.5) is 5.95 Å². The minimum absolute atomic E-state index is 0.120. The van der Waals surface area contributed by atoms with Gasteiger partial charge in [-0.1, -0.05) is 0 Å². The number of aromatic nitrogens is 6. The number of hydrogen-bond acceptors (Lipinski definition) is 7. The lowest BCUT2D eigenvalue weighted by Gasteiger charge is -2.13. The van der Waals surface area contributed by atoms with Crippen LogP contribution < -0.4 is 5.32 Å². The first-order valence-electron chi connectivity index (χ1n) is 6.30. The van der Waals surface area contributed by atoms with Crippen molar-refractivity contribution in [2.45, 2.75) is 31.4 Å². The summed E-state index contributed by atoms with van der Waals surface area (Å²) in [6, 6.07) is 0.280. The number of nitrogens with zero attached hydrogens (tertiary/aromatic N) is 6. The van der Waals surface area contributed by atoms with Crippen LogP contribution in [0.15, 0.2) is 12.7 Å². The molecule has 2 aromatic rings. The van der Waals surface area contributed by atoms with Crippen molar-refractivity contribution in [1.82, 2.24) is 29.7 Å². The molecule has 0 aromatic carbocycles. The highest BCUT2D eigenvalue weighted by Gasteiger charge is 2.25. The molecule has 1 saturated carbocycles. The van der Waals surface area contributed by atoms with Gasteiger partial charge in [-0.15, -0.1) is 0 Å². The van der Waals surface area contributed by atoms with Crippen molar-refractivity contribution in [2.24, 2.45) is 0 Å². The number of rotatable bonds is 4. The van der Waals surface area contributed by atoms with Crippen molar-refractivity contribution in [3.8, 4) is 5.95 Å². The van der Waals surface area contributed by atoms with Gasteiger partial charge in [0.2, 0.25) is 11.2 Å². The van der Waals surface area contributed by atoms with E-state index in [0.29, 0.717) is 18.0 Å². The average molecular weight is 296 g/mol. The first-order valence-corrected chi connectivity index (χ1v) is 6.68. The summed E-state index contributed by atoms with van der Waals surface area (Å²) >= 11 is 5.92. The third kappa shape index (κ3) is 2.86. The molecule has 2 unspecified atom stereocenters. The molecule has 2 atom stereocenters. The van der Waals surface area contributed by atoms with Gasteiger partial charge >= 0.3 is 0 Å². The van der Waals surface area contributed by atoms with E-state index in [4.69, 9.17) is 16.3 Å². The topological polar surface area (TPSA) is 90.6 Å². The van der Waals surface area contributed by atoms with Crippen molar-refractivity contribution < 1.29 is 4.74 Å². The fourth-order valence-corrected chi connectivity index (χ4v) is 2.44. The Kier molecular flexibility index (Phi) is 3.75. The fraction of sp³-hybridized carbons (Fsp3) is 0.545. The van der Waals surface area contributed by atoms with Gasteiger partial charge in [0.05, 0.1) is 6.10 Å². The molecule has 0 bridgehead atoms. The maximum absolute atomic E-state index is 5.92. The Morgan fingerprint density at radius 1 is 1.35 bits per heavy atom. The van der Waals surface area contributed by atoms with Gasteiger partial charge in [0.1, 0.15) is 12.7 Å². The number of halogens is 1. The minimum atomic E-state index is 0.120. The molecule has 0 spiro atoms. The SMILES string of the molecule is COC1CCC(Nc2nc(Cl)nc(-n3cncn3)n2)C1. The molecule has 1 aliphatic rings. The van der Waals surface area contributed by atoms with E-state index in [0.717, 1.165) is 19.3 Å². The van der Waals surface area contributed by atoms with Crippen LogP contribution >= 0.6 is 11.6 Å². The Morgan fingerprint density at radius 3 is 2.95 bits per heavy atom. The maximum atomic E-state index is 5.92. The summed E-state index contributed by atoms with van der Waals surface area (Å²) in [5, 5.41) is 7.35. The largest absolute Gasteiger partial charge is 0.381 e. The highest BCUT2D eigenvalue weighted by Crippen LogP contribution is 2.24. The Bertz CT molecular complexity index is 576. The van der Waals surface area contributed by atoms with Crippen LogP contribution in [0.1, 0.15) is 19.3 Å². The molecule has 0 radical (unpaired) electrons. The molecule has 9 heteroatoms. The molecule has 2 heterocycles. The zero-order valence-corrected chi connectivity index (χ0v) is 11.7. The molecule has 1 N–H and O–H groups in total. The quantitative estimate of drug-likeness (QED) is 0.902. The summed E-state index contributed by atoms with van der Waals surface area (Å²) in [5.41, 5.74) is 0. The van der Waals surface area contributed by atoms with E-state index in [-0.39, 0.29) is 11.3 Å². The molecule has 0 amide bonds. The van der Waals surface area contributed by atoms with Gasteiger partial charge in [-0.2, -0.15) is 24.7 Å². The van der Waals surface area contributed by atoms with E-state index in [1.54, 1.807) is 7.11 Å². The molecule has 0 aliphatic heterocycles. The lowest BCUT2D eigenvalue weighted by Crippen LogP contribution is -2.20. The van der Waals surface area contributed by atoms with Crippen molar-refractivity contribution in [1.29, 1.82) is 0 Å². The molecule has 2 aromatic heterocycles. The molecule has 1 aliphatic carbocycles. The summed E-state index contributed by atoms with van der Waals surface area (Å²) in [5.74, 6) is 0.781. The maximum Gasteiger partial charge on any atom is 0.258 e. The highest BCUT2D eigenvalue weighted by molar-refractivity contribution is 6.28. The van der Waals surface area contributed by atoms with E-state index >= 15 is 0 Å². The van der Waals surface area contributed by atoms with E-state index in [1.807, 2.05) is 0 Å². The molecular weight excluding hydrogens is 282 g/mol. The van der Waals surface area contributed by atoms with Crippen molar-refractivity contribution in [2.75, 3.05) is 12.4 Å². The summed E-state index contributed by atoms with van der Waals surface area (Å²) in [6.07, 6.45) is 6.18. The van der Waals surface area contributed by atoms with E-state index in [1.165, 1.54) is 17.3 Å². The second kappa shape index (κ2) is 5.68. The number of ether oxygens (including phenoxy) is 1. The third-order valence-electron chi connectivity index (χ3n) is 3.27. The molecule has 8 nitrogen and oxygen atoms in total. The second-order valence-electron chi connectivity index (χ2n) is 4.58. The smallest absolute Gasteiger partial charge is 0.258 e. The van der Waals surface area contributed by atoms with Gasteiger partial charge in [-0.25, -0.2) is 4.98 Å². The number of hydrogen-bond donors (Lipinski definition) is 1. The van der Waals surface area contributed by atoms with Gasteiger partial charge in [0.25, 0.3) is 5.95 Å². The molecule has 20 heavy (non-hydrogen) atoms. The summed E-state index contributed by atoms with van der Waals surface area (Å²) < 4.78 is 6.78. The van der Waals surface area contributed by atoms with Crippen LogP contribution in [-0.2, 0) is 4.74 Å². The summed E-state index contributed by atoms with van der Waals surface area (Å²) in [4.78, 5) is 16.3. The van der Waals surface area contributed by atoms with Gasteiger partial charge in [0.15, 0.2) is 0 Å². The molecule has 3 rings (SSSR count). The molecule has 0 saturated heterocycles. The van der Waals surface area contributed by atoms with Crippen LogP contribution in [0.2, 0.25) is 5.28 Å². The van der Waals surface area contributed by atoms with Gasteiger partial charge in [-0.3, -0.25) is 0 Å². The number of nitrogens with one attached hydrogen (secondary N) is 1.